The van der Waals surface area contributed by atoms with Gasteiger partial charge in [-0.05, 0) is 43.3 Å². The summed E-state index contributed by atoms with van der Waals surface area (Å²) in [5, 5.41) is 20.4. The molecule has 1 aromatic heterocycles. The average Bonchev–Trinajstić information content (AvgIpc) is 3.20. The number of hydrogen-bond donors (Lipinski definition) is 3. The number of carbonyl (C=O) groups is 1. The zero-order valence-electron chi connectivity index (χ0n) is 15.5. The van der Waals surface area contributed by atoms with Crippen LogP contribution < -0.4 is 14.9 Å². The Balaban J connectivity index is 1.71. The SMILES string of the molecule is CCOc1ccc(-c2cc(C(=O)N/N=C\c3ccccc3O)[nH]n2)cc1OC. The zero-order chi connectivity index (χ0) is 19.9. The summed E-state index contributed by atoms with van der Waals surface area (Å²) in [4.78, 5) is 12.2. The number of aromatic hydroxyl groups is 1. The van der Waals surface area contributed by atoms with Crippen molar-refractivity contribution in [1.29, 1.82) is 0 Å². The number of H-pyrrole nitrogens is 1. The Kier molecular flexibility index (Phi) is 5.91. The van der Waals surface area contributed by atoms with Gasteiger partial charge in [-0.2, -0.15) is 10.2 Å². The smallest absolute Gasteiger partial charge is 0.289 e. The highest BCUT2D eigenvalue weighted by Crippen LogP contribution is 2.32. The second-order valence-corrected chi connectivity index (χ2v) is 5.72. The molecule has 0 saturated heterocycles. The number of amides is 1. The van der Waals surface area contributed by atoms with Crippen LogP contribution >= 0.6 is 0 Å². The Morgan fingerprint density at radius 3 is 2.82 bits per heavy atom. The van der Waals surface area contributed by atoms with E-state index < -0.39 is 5.91 Å². The largest absolute Gasteiger partial charge is 0.507 e. The molecule has 2 aromatic carbocycles. The minimum Gasteiger partial charge on any atom is -0.507 e. The fraction of sp³-hybridized carbons (Fsp3) is 0.150. The van der Waals surface area contributed by atoms with Crippen molar-refractivity contribution in [2.24, 2.45) is 5.10 Å². The van der Waals surface area contributed by atoms with Crippen LogP contribution in [0.4, 0.5) is 0 Å². The normalized spacial score (nSPS) is 10.8. The van der Waals surface area contributed by atoms with Crippen LogP contribution in [0.25, 0.3) is 11.3 Å². The second kappa shape index (κ2) is 8.72. The number of aromatic nitrogens is 2. The summed E-state index contributed by atoms with van der Waals surface area (Å²) in [6, 6.07) is 13.7. The van der Waals surface area contributed by atoms with E-state index in [1.807, 2.05) is 13.0 Å². The van der Waals surface area contributed by atoms with Crippen LogP contribution in [0.1, 0.15) is 23.0 Å². The number of rotatable bonds is 7. The molecular formula is C20H20N4O4. The topological polar surface area (TPSA) is 109 Å². The summed E-state index contributed by atoms with van der Waals surface area (Å²) >= 11 is 0. The van der Waals surface area contributed by atoms with Crippen LogP contribution in [0.3, 0.4) is 0 Å². The molecule has 8 nitrogen and oxygen atoms in total. The molecule has 3 N–H and O–H groups in total. The number of methoxy groups -OCH3 is 1. The number of para-hydroxylation sites is 1. The average molecular weight is 380 g/mol. The van der Waals surface area contributed by atoms with Gasteiger partial charge in [-0.25, -0.2) is 5.43 Å². The summed E-state index contributed by atoms with van der Waals surface area (Å²) < 4.78 is 10.8. The summed E-state index contributed by atoms with van der Waals surface area (Å²) in [7, 11) is 1.56. The predicted octanol–water partition coefficient (Wildman–Crippen LogP) is 2.95. The van der Waals surface area contributed by atoms with Crippen LogP contribution in [0, 0.1) is 0 Å². The highest BCUT2D eigenvalue weighted by molar-refractivity contribution is 5.94. The van der Waals surface area contributed by atoms with Crippen LogP contribution in [-0.2, 0) is 0 Å². The van der Waals surface area contributed by atoms with Gasteiger partial charge >= 0.3 is 0 Å². The molecule has 0 fully saturated rings. The second-order valence-electron chi connectivity index (χ2n) is 5.72. The first-order valence-corrected chi connectivity index (χ1v) is 8.60. The number of nitrogens with zero attached hydrogens (tertiary/aromatic N) is 2. The Bertz CT molecular complexity index is 997. The number of hydrazone groups is 1. The van der Waals surface area contributed by atoms with E-state index in [-0.39, 0.29) is 11.4 Å². The van der Waals surface area contributed by atoms with Crippen molar-refractivity contribution in [3.63, 3.8) is 0 Å². The molecule has 0 bridgehead atoms. The summed E-state index contributed by atoms with van der Waals surface area (Å²) in [6.07, 6.45) is 1.36. The number of aromatic amines is 1. The minimum atomic E-state index is -0.455. The number of carbonyl (C=O) groups excluding carboxylic acids is 1. The van der Waals surface area contributed by atoms with E-state index >= 15 is 0 Å². The number of phenolic OH excluding ortho intramolecular Hbond substituents is 1. The van der Waals surface area contributed by atoms with E-state index in [1.165, 1.54) is 12.3 Å². The van der Waals surface area contributed by atoms with E-state index in [9.17, 15) is 9.90 Å². The molecule has 0 spiro atoms. The first-order valence-electron chi connectivity index (χ1n) is 8.60. The lowest BCUT2D eigenvalue weighted by Gasteiger charge is -2.09. The van der Waals surface area contributed by atoms with E-state index in [1.54, 1.807) is 43.5 Å². The number of phenols is 1. The Labute approximate surface area is 161 Å². The lowest BCUT2D eigenvalue weighted by atomic mass is 10.1. The van der Waals surface area contributed by atoms with Gasteiger partial charge in [0.15, 0.2) is 11.5 Å². The van der Waals surface area contributed by atoms with E-state index in [0.29, 0.717) is 29.4 Å². The number of hydrogen-bond acceptors (Lipinski definition) is 6. The van der Waals surface area contributed by atoms with Crippen molar-refractivity contribution in [2.45, 2.75) is 6.92 Å². The Morgan fingerprint density at radius 1 is 1.25 bits per heavy atom. The van der Waals surface area contributed by atoms with Crippen molar-refractivity contribution in [2.75, 3.05) is 13.7 Å². The molecule has 1 heterocycles. The number of nitrogens with one attached hydrogen (secondary N) is 2. The minimum absolute atomic E-state index is 0.0776. The molecule has 1 amide bonds. The van der Waals surface area contributed by atoms with Gasteiger partial charge in [0.05, 0.1) is 25.6 Å². The lowest BCUT2D eigenvalue weighted by Crippen LogP contribution is -2.18. The van der Waals surface area contributed by atoms with Gasteiger partial charge in [0, 0.05) is 11.1 Å². The predicted molar refractivity (Wildman–Crippen MR) is 105 cm³/mol. The maximum Gasteiger partial charge on any atom is 0.289 e. The van der Waals surface area contributed by atoms with Gasteiger partial charge in [0.25, 0.3) is 5.91 Å². The molecule has 3 aromatic rings. The lowest BCUT2D eigenvalue weighted by molar-refractivity contribution is 0.0950. The summed E-state index contributed by atoms with van der Waals surface area (Å²) in [5.74, 6) is 0.846. The highest BCUT2D eigenvalue weighted by atomic mass is 16.5. The van der Waals surface area contributed by atoms with Gasteiger partial charge in [-0.3, -0.25) is 9.89 Å². The molecule has 28 heavy (non-hydrogen) atoms. The molecule has 0 unspecified atom stereocenters. The van der Waals surface area contributed by atoms with Crippen molar-refractivity contribution in [1.82, 2.24) is 15.6 Å². The van der Waals surface area contributed by atoms with Gasteiger partial charge in [-0.15, -0.1) is 0 Å². The standard InChI is InChI=1S/C20H20N4O4/c1-3-28-18-9-8-13(10-19(18)27-2)15-11-16(23-22-15)20(26)24-21-12-14-6-4-5-7-17(14)25/h4-12,25H,3H2,1-2H3,(H,22,23)(H,24,26)/b21-12-. The molecule has 0 aliphatic heterocycles. The molecule has 0 saturated carbocycles. The highest BCUT2D eigenvalue weighted by Gasteiger charge is 2.13. The fourth-order valence-electron chi connectivity index (χ4n) is 2.50. The fourth-order valence-corrected chi connectivity index (χ4v) is 2.50. The van der Waals surface area contributed by atoms with Crippen LogP contribution in [0.2, 0.25) is 0 Å². The third kappa shape index (κ3) is 4.29. The third-order valence-electron chi connectivity index (χ3n) is 3.89. The van der Waals surface area contributed by atoms with Crippen LogP contribution in [0.15, 0.2) is 53.6 Å². The van der Waals surface area contributed by atoms with Crippen molar-refractivity contribution in [3.8, 4) is 28.5 Å². The van der Waals surface area contributed by atoms with Crippen molar-refractivity contribution in [3.05, 3.63) is 59.8 Å². The van der Waals surface area contributed by atoms with Crippen molar-refractivity contribution < 1.29 is 19.4 Å². The zero-order valence-corrected chi connectivity index (χ0v) is 15.5. The molecular weight excluding hydrogens is 360 g/mol. The molecule has 0 aliphatic carbocycles. The van der Waals surface area contributed by atoms with Gasteiger partial charge in [0.1, 0.15) is 11.4 Å². The first kappa shape index (κ1) is 19.0. The van der Waals surface area contributed by atoms with Gasteiger partial charge in [-0.1, -0.05) is 12.1 Å². The third-order valence-corrected chi connectivity index (χ3v) is 3.89. The van der Waals surface area contributed by atoms with Crippen LogP contribution in [0.5, 0.6) is 17.2 Å². The maximum absolute atomic E-state index is 12.2. The van der Waals surface area contributed by atoms with E-state index in [2.05, 4.69) is 20.7 Å². The van der Waals surface area contributed by atoms with Gasteiger partial charge in [0.2, 0.25) is 0 Å². The molecule has 0 atom stereocenters. The molecule has 8 heteroatoms. The molecule has 0 aliphatic rings. The molecule has 0 radical (unpaired) electrons. The van der Waals surface area contributed by atoms with Crippen LogP contribution in [-0.4, -0.2) is 41.1 Å². The summed E-state index contributed by atoms with van der Waals surface area (Å²) in [5.41, 5.74) is 4.49. The van der Waals surface area contributed by atoms with E-state index in [4.69, 9.17) is 9.47 Å². The Hall–Kier alpha value is -3.81. The monoisotopic (exact) mass is 380 g/mol. The maximum atomic E-state index is 12.2. The quantitative estimate of drug-likeness (QED) is 0.431. The van der Waals surface area contributed by atoms with Crippen molar-refractivity contribution >= 4 is 12.1 Å². The molecule has 144 valence electrons. The van der Waals surface area contributed by atoms with Gasteiger partial charge < -0.3 is 14.6 Å². The number of ether oxygens (including phenoxy) is 2. The number of benzene rings is 2. The summed E-state index contributed by atoms with van der Waals surface area (Å²) in [6.45, 7) is 2.43. The first-order chi connectivity index (χ1) is 13.6. The molecule has 3 rings (SSSR count). The van der Waals surface area contributed by atoms with E-state index in [0.717, 1.165) is 5.56 Å². The Morgan fingerprint density at radius 2 is 2.07 bits per heavy atom.